The van der Waals surface area contributed by atoms with Crippen LogP contribution in [0.2, 0.25) is 0 Å². The van der Waals surface area contributed by atoms with Crippen LogP contribution in [-0.4, -0.2) is 26.4 Å². The van der Waals surface area contributed by atoms with Gasteiger partial charge in [0.2, 0.25) is 0 Å². The Hall–Kier alpha value is -0.0800. The fraction of sp³-hybridized carbons (Fsp3) is 1.00. The monoisotopic (exact) mass is 186 g/mol. The molecular weight excluding hydrogens is 164 g/mol. The van der Waals surface area contributed by atoms with Crippen LogP contribution in [0.5, 0.6) is 0 Å². The maximum Gasteiger partial charge on any atom is 0.0492 e. The molecule has 2 heteroatoms. The zero-order valence-corrected chi connectivity index (χ0v) is 8.92. The van der Waals surface area contributed by atoms with E-state index in [-0.39, 0.29) is 0 Å². The zero-order valence-electron chi connectivity index (χ0n) is 8.92. The number of hydrogen-bond acceptors (Lipinski definition) is 2. The molecule has 0 saturated carbocycles. The minimum atomic E-state index is 0.814. The Bertz CT molecular complexity index is 113. The highest BCUT2D eigenvalue weighted by atomic mass is 16.5. The summed E-state index contributed by atoms with van der Waals surface area (Å²) in [5, 5.41) is 0. The van der Waals surface area contributed by atoms with Gasteiger partial charge in [-0.2, -0.15) is 0 Å². The van der Waals surface area contributed by atoms with E-state index in [2.05, 4.69) is 13.8 Å². The van der Waals surface area contributed by atoms with Crippen molar-refractivity contribution in [1.82, 2.24) is 0 Å². The minimum absolute atomic E-state index is 0.814. The summed E-state index contributed by atoms with van der Waals surface area (Å²) in [6, 6.07) is 0. The summed E-state index contributed by atoms with van der Waals surface area (Å²) in [5.41, 5.74) is 0. The van der Waals surface area contributed by atoms with Gasteiger partial charge in [-0.3, -0.25) is 0 Å². The first-order valence-corrected chi connectivity index (χ1v) is 5.44. The maximum absolute atomic E-state index is 5.18. The van der Waals surface area contributed by atoms with Crippen LogP contribution < -0.4 is 0 Å². The van der Waals surface area contributed by atoms with Gasteiger partial charge in [0.15, 0.2) is 0 Å². The molecule has 13 heavy (non-hydrogen) atoms. The summed E-state index contributed by atoms with van der Waals surface area (Å²) in [6.07, 6.45) is 3.89. The van der Waals surface area contributed by atoms with Crippen molar-refractivity contribution in [2.24, 2.45) is 11.8 Å². The Morgan fingerprint density at radius 3 is 1.69 bits per heavy atom. The SMILES string of the molecule is C[C@@H]1CCCOC1.C[C@@H]1CCOC1. The van der Waals surface area contributed by atoms with Crippen LogP contribution in [0.4, 0.5) is 0 Å². The van der Waals surface area contributed by atoms with E-state index in [0.29, 0.717) is 0 Å². The summed E-state index contributed by atoms with van der Waals surface area (Å²) >= 11 is 0. The van der Waals surface area contributed by atoms with Crippen molar-refractivity contribution in [2.45, 2.75) is 33.1 Å². The van der Waals surface area contributed by atoms with Gasteiger partial charge in [-0.25, -0.2) is 0 Å². The number of hydrogen-bond donors (Lipinski definition) is 0. The van der Waals surface area contributed by atoms with Gasteiger partial charge in [-0.1, -0.05) is 13.8 Å². The van der Waals surface area contributed by atoms with Gasteiger partial charge < -0.3 is 9.47 Å². The first-order valence-electron chi connectivity index (χ1n) is 5.44. The molecule has 2 aliphatic heterocycles. The predicted molar refractivity (Wildman–Crippen MR) is 53.8 cm³/mol. The molecule has 2 atom stereocenters. The molecular formula is C11H22O2. The van der Waals surface area contributed by atoms with Gasteiger partial charge in [-0.15, -0.1) is 0 Å². The quantitative estimate of drug-likeness (QED) is 0.578. The average molecular weight is 186 g/mol. The molecule has 0 amide bonds. The lowest BCUT2D eigenvalue weighted by Crippen LogP contribution is -2.13. The fourth-order valence-electron chi connectivity index (χ4n) is 1.55. The van der Waals surface area contributed by atoms with Gasteiger partial charge in [-0.05, 0) is 31.1 Å². The van der Waals surface area contributed by atoms with Crippen LogP contribution in [-0.2, 0) is 9.47 Å². The normalized spacial score (nSPS) is 33.7. The average Bonchev–Trinajstić information content (AvgIpc) is 2.58. The molecule has 2 saturated heterocycles. The topological polar surface area (TPSA) is 18.5 Å². The molecule has 0 unspecified atom stereocenters. The summed E-state index contributed by atoms with van der Waals surface area (Å²) < 4.78 is 10.2. The summed E-state index contributed by atoms with van der Waals surface area (Å²) in [7, 11) is 0. The second-order valence-electron chi connectivity index (χ2n) is 4.29. The van der Waals surface area contributed by atoms with Crippen LogP contribution in [0.1, 0.15) is 33.1 Å². The van der Waals surface area contributed by atoms with Crippen molar-refractivity contribution in [1.29, 1.82) is 0 Å². The van der Waals surface area contributed by atoms with Crippen molar-refractivity contribution in [3.63, 3.8) is 0 Å². The lowest BCUT2D eigenvalue weighted by Gasteiger charge is -2.16. The van der Waals surface area contributed by atoms with Crippen LogP contribution in [0, 0.1) is 11.8 Å². The molecule has 0 N–H and O–H groups in total. The predicted octanol–water partition coefficient (Wildman–Crippen LogP) is 2.48. The van der Waals surface area contributed by atoms with E-state index in [1.807, 2.05) is 0 Å². The molecule has 2 fully saturated rings. The smallest absolute Gasteiger partial charge is 0.0492 e. The Morgan fingerprint density at radius 1 is 0.846 bits per heavy atom. The van der Waals surface area contributed by atoms with Gasteiger partial charge in [0, 0.05) is 26.4 Å². The summed E-state index contributed by atoms with van der Waals surface area (Å²) in [5.74, 6) is 1.64. The van der Waals surface area contributed by atoms with Crippen molar-refractivity contribution < 1.29 is 9.47 Å². The molecule has 0 aromatic carbocycles. The maximum atomic E-state index is 5.18. The molecule has 0 spiro atoms. The third kappa shape index (κ3) is 5.27. The van der Waals surface area contributed by atoms with Crippen molar-refractivity contribution in [2.75, 3.05) is 26.4 Å². The highest BCUT2D eigenvalue weighted by Gasteiger charge is 2.07. The summed E-state index contributed by atoms with van der Waals surface area (Å²) in [4.78, 5) is 0. The third-order valence-electron chi connectivity index (χ3n) is 2.55. The molecule has 0 aliphatic carbocycles. The molecule has 0 aromatic rings. The lowest BCUT2D eigenvalue weighted by atomic mass is 10.1. The standard InChI is InChI=1S/C6H12O.C5H10O/c1-6-3-2-4-7-5-6;1-5-2-3-6-4-5/h6H,2-5H2,1H3;5H,2-4H2,1H3/t6-;5-/m11/s1. The first-order chi connectivity index (χ1) is 6.29. The second kappa shape index (κ2) is 6.39. The number of rotatable bonds is 0. The Labute approximate surface area is 81.6 Å². The number of ether oxygens (including phenoxy) is 2. The summed E-state index contributed by atoms with van der Waals surface area (Å²) in [6.45, 7) is 8.40. The third-order valence-corrected chi connectivity index (χ3v) is 2.55. The van der Waals surface area contributed by atoms with E-state index < -0.39 is 0 Å². The van der Waals surface area contributed by atoms with Crippen molar-refractivity contribution in [3.8, 4) is 0 Å². The van der Waals surface area contributed by atoms with Gasteiger partial charge in [0.25, 0.3) is 0 Å². The van der Waals surface area contributed by atoms with Crippen LogP contribution >= 0.6 is 0 Å². The molecule has 0 bridgehead atoms. The molecule has 78 valence electrons. The molecule has 2 nitrogen and oxygen atoms in total. The Kier molecular flexibility index (Phi) is 5.40. The molecule has 2 aliphatic rings. The van der Waals surface area contributed by atoms with Crippen LogP contribution in [0.15, 0.2) is 0 Å². The van der Waals surface area contributed by atoms with Crippen molar-refractivity contribution >= 4 is 0 Å². The van der Waals surface area contributed by atoms with E-state index in [9.17, 15) is 0 Å². The van der Waals surface area contributed by atoms with Crippen LogP contribution in [0.3, 0.4) is 0 Å². The molecule has 2 rings (SSSR count). The molecule has 0 aromatic heterocycles. The van der Waals surface area contributed by atoms with Gasteiger partial charge in [0.05, 0.1) is 0 Å². The first kappa shape index (κ1) is 11.0. The van der Waals surface area contributed by atoms with E-state index >= 15 is 0 Å². The zero-order chi connectivity index (χ0) is 9.52. The van der Waals surface area contributed by atoms with E-state index in [1.54, 1.807) is 0 Å². The lowest BCUT2D eigenvalue weighted by molar-refractivity contribution is 0.0616. The van der Waals surface area contributed by atoms with Crippen molar-refractivity contribution in [3.05, 3.63) is 0 Å². The largest absolute Gasteiger partial charge is 0.381 e. The Balaban J connectivity index is 0.000000132. The van der Waals surface area contributed by atoms with Gasteiger partial charge in [0.1, 0.15) is 0 Å². The van der Waals surface area contributed by atoms with Gasteiger partial charge >= 0.3 is 0 Å². The fourth-order valence-corrected chi connectivity index (χ4v) is 1.55. The van der Waals surface area contributed by atoms with Crippen LogP contribution in [0.25, 0.3) is 0 Å². The molecule has 2 heterocycles. The highest BCUT2D eigenvalue weighted by molar-refractivity contribution is 4.56. The highest BCUT2D eigenvalue weighted by Crippen LogP contribution is 2.11. The minimum Gasteiger partial charge on any atom is -0.381 e. The van der Waals surface area contributed by atoms with E-state index in [0.717, 1.165) is 38.3 Å². The molecule has 0 radical (unpaired) electrons. The Morgan fingerprint density at radius 2 is 1.46 bits per heavy atom. The second-order valence-corrected chi connectivity index (χ2v) is 4.29. The van der Waals surface area contributed by atoms with E-state index in [1.165, 1.54) is 19.3 Å². The van der Waals surface area contributed by atoms with E-state index in [4.69, 9.17) is 9.47 Å².